The summed E-state index contributed by atoms with van der Waals surface area (Å²) in [6.07, 6.45) is 1.66. The number of aryl methyl sites for hydroxylation is 3. The molecule has 29 heavy (non-hydrogen) atoms. The monoisotopic (exact) mass is 406 g/mol. The van der Waals surface area contributed by atoms with E-state index in [1.807, 2.05) is 12.1 Å². The summed E-state index contributed by atoms with van der Waals surface area (Å²) in [6.45, 7) is 5.37. The zero-order valence-electron chi connectivity index (χ0n) is 15.8. The summed E-state index contributed by atoms with van der Waals surface area (Å²) < 4.78 is 4.73. The average molecular weight is 407 g/mol. The molecule has 0 amide bonds. The van der Waals surface area contributed by atoms with Crippen molar-refractivity contribution in [3.8, 4) is 11.3 Å². The first kappa shape index (κ1) is 17.5. The van der Waals surface area contributed by atoms with Crippen LogP contribution in [-0.4, -0.2) is 39.1 Å². The highest BCUT2D eigenvalue weighted by molar-refractivity contribution is 6.30. The van der Waals surface area contributed by atoms with Crippen LogP contribution in [0.2, 0.25) is 5.02 Å². The first-order chi connectivity index (χ1) is 13.9. The molecule has 144 valence electrons. The molecular formula is C19H15ClN8O. The summed E-state index contributed by atoms with van der Waals surface area (Å²) in [6, 6.07) is 9.01. The van der Waals surface area contributed by atoms with Crippen molar-refractivity contribution in [2.45, 2.75) is 20.8 Å². The minimum atomic E-state index is -0.263. The zero-order chi connectivity index (χ0) is 20.3. The van der Waals surface area contributed by atoms with Gasteiger partial charge >= 0.3 is 0 Å². The lowest BCUT2D eigenvalue weighted by atomic mass is 10.1. The lowest BCUT2D eigenvalue weighted by Gasteiger charge is -2.13. The molecule has 4 aromatic heterocycles. The first-order valence-corrected chi connectivity index (χ1v) is 9.26. The highest BCUT2D eigenvalue weighted by Crippen LogP contribution is 2.27. The Morgan fingerprint density at radius 3 is 2.31 bits per heavy atom. The average Bonchev–Trinajstić information content (AvgIpc) is 3.22. The van der Waals surface area contributed by atoms with Gasteiger partial charge in [0.25, 0.3) is 11.3 Å². The van der Waals surface area contributed by atoms with Gasteiger partial charge in [0.2, 0.25) is 0 Å². The van der Waals surface area contributed by atoms with Gasteiger partial charge in [-0.15, -0.1) is 15.3 Å². The van der Waals surface area contributed by atoms with Crippen LogP contribution in [0.3, 0.4) is 0 Å². The van der Waals surface area contributed by atoms with Gasteiger partial charge in [0.1, 0.15) is 17.5 Å². The predicted molar refractivity (Wildman–Crippen MR) is 108 cm³/mol. The van der Waals surface area contributed by atoms with E-state index >= 15 is 0 Å². The van der Waals surface area contributed by atoms with Crippen LogP contribution in [-0.2, 0) is 0 Å². The fourth-order valence-electron chi connectivity index (χ4n) is 3.48. The smallest absolute Gasteiger partial charge is 0.267 e. The molecule has 1 aromatic carbocycles. The number of aromatic nitrogens is 8. The van der Waals surface area contributed by atoms with Crippen molar-refractivity contribution in [2.24, 2.45) is 0 Å². The Kier molecular flexibility index (Phi) is 3.75. The van der Waals surface area contributed by atoms with E-state index in [1.54, 1.807) is 54.4 Å². The van der Waals surface area contributed by atoms with Crippen LogP contribution in [0.4, 0.5) is 0 Å². The van der Waals surface area contributed by atoms with E-state index in [9.17, 15) is 4.79 Å². The van der Waals surface area contributed by atoms with E-state index in [0.717, 1.165) is 5.56 Å². The second-order valence-corrected chi connectivity index (χ2v) is 7.11. The molecule has 0 radical (unpaired) electrons. The molecule has 0 unspecified atom stereocenters. The van der Waals surface area contributed by atoms with Gasteiger partial charge in [-0.3, -0.25) is 4.79 Å². The standard InChI is InChI=1S/C19H15ClN8O/c1-10-21-19-22-15-8-9-26(28-11(2)23-24-12(28)3)18(29)16(15)17(27(19)25-10)13-4-6-14(20)7-5-13/h4-9H,1-3H3. The van der Waals surface area contributed by atoms with Crippen LogP contribution in [0.5, 0.6) is 0 Å². The van der Waals surface area contributed by atoms with Crippen LogP contribution in [0.1, 0.15) is 17.5 Å². The molecule has 0 bridgehead atoms. The number of benzene rings is 1. The summed E-state index contributed by atoms with van der Waals surface area (Å²) in [5, 5.41) is 13.6. The van der Waals surface area contributed by atoms with Crippen molar-refractivity contribution in [3.63, 3.8) is 0 Å². The topological polar surface area (TPSA) is 95.8 Å². The lowest BCUT2D eigenvalue weighted by Crippen LogP contribution is -2.28. The third-order valence-corrected chi connectivity index (χ3v) is 4.95. The Balaban J connectivity index is 1.96. The lowest BCUT2D eigenvalue weighted by molar-refractivity contribution is 0.595. The molecule has 4 heterocycles. The number of rotatable bonds is 2. The molecule has 10 heteroatoms. The Morgan fingerprint density at radius 1 is 0.931 bits per heavy atom. The third kappa shape index (κ3) is 2.62. The molecule has 0 N–H and O–H groups in total. The Bertz CT molecular complexity index is 1440. The molecule has 0 aliphatic carbocycles. The second-order valence-electron chi connectivity index (χ2n) is 6.67. The maximum Gasteiger partial charge on any atom is 0.281 e. The van der Waals surface area contributed by atoms with Gasteiger partial charge in [0.15, 0.2) is 0 Å². The summed E-state index contributed by atoms with van der Waals surface area (Å²) in [4.78, 5) is 22.5. The van der Waals surface area contributed by atoms with Crippen molar-refractivity contribution in [3.05, 3.63) is 69.4 Å². The highest BCUT2D eigenvalue weighted by Gasteiger charge is 2.19. The van der Waals surface area contributed by atoms with Gasteiger partial charge < -0.3 is 0 Å². The molecule has 0 atom stereocenters. The summed E-state index contributed by atoms with van der Waals surface area (Å²) in [5.41, 5.74) is 1.65. The Hall–Kier alpha value is -3.59. The number of halogens is 1. The minimum absolute atomic E-state index is 0.263. The number of fused-ring (bicyclic) bond motifs is 2. The van der Waals surface area contributed by atoms with E-state index in [-0.39, 0.29) is 5.56 Å². The van der Waals surface area contributed by atoms with Gasteiger partial charge in [-0.05, 0) is 39.0 Å². The summed E-state index contributed by atoms with van der Waals surface area (Å²) in [5.74, 6) is 2.19. The van der Waals surface area contributed by atoms with Crippen molar-refractivity contribution < 1.29 is 0 Å². The number of pyridine rings is 1. The maximum absolute atomic E-state index is 13.6. The van der Waals surface area contributed by atoms with E-state index < -0.39 is 0 Å². The normalized spacial score (nSPS) is 11.6. The molecule has 0 spiro atoms. The molecular weight excluding hydrogens is 392 g/mol. The van der Waals surface area contributed by atoms with Crippen LogP contribution >= 0.6 is 11.6 Å². The first-order valence-electron chi connectivity index (χ1n) is 8.88. The van der Waals surface area contributed by atoms with Crippen molar-refractivity contribution in [1.29, 1.82) is 0 Å². The van der Waals surface area contributed by atoms with E-state index in [1.165, 1.54) is 4.68 Å². The molecule has 0 saturated carbocycles. The largest absolute Gasteiger partial charge is 0.281 e. The molecule has 0 aliphatic heterocycles. The van der Waals surface area contributed by atoms with Crippen molar-refractivity contribution in [2.75, 3.05) is 0 Å². The molecule has 5 aromatic rings. The predicted octanol–water partition coefficient (Wildman–Crippen LogP) is 2.59. The van der Waals surface area contributed by atoms with Gasteiger partial charge in [0, 0.05) is 16.8 Å². The Labute approximate surface area is 169 Å². The molecule has 0 saturated heterocycles. The van der Waals surface area contributed by atoms with E-state index in [4.69, 9.17) is 11.6 Å². The molecule has 5 rings (SSSR count). The van der Waals surface area contributed by atoms with Crippen LogP contribution in [0.25, 0.3) is 27.9 Å². The Morgan fingerprint density at radius 2 is 1.62 bits per heavy atom. The molecule has 0 aliphatic rings. The second kappa shape index (κ2) is 6.21. The van der Waals surface area contributed by atoms with Crippen LogP contribution in [0, 0.1) is 20.8 Å². The third-order valence-electron chi connectivity index (χ3n) is 4.70. The van der Waals surface area contributed by atoms with E-state index in [0.29, 0.717) is 44.9 Å². The minimum Gasteiger partial charge on any atom is -0.267 e. The quantitative estimate of drug-likeness (QED) is 0.447. The number of hydrogen-bond donors (Lipinski definition) is 0. The van der Waals surface area contributed by atoms with Crippen LogP contribution < -0.4 is 5.56 Å². The van der Waals surface area contributed by atoms with Gasteiger partial charge in [0.05, 0.1) is 16.6 Å². The van der Waals surface area contributed by atoms with Gasteiger partial charge in [-0.1, -0.05) is 23.7 Å². The van der Waals surface area contributed by atoms with Crippen LogP contribution in [0.15, 0.2) is 41.3 Å². The fraction of sp³-hybridized carbons (Fsp3) is 0.158. The zero-order valence-corrected chi connectivity index (χ0v) is 16.6. The maximum atomic E-state index is 13.6. The number of hydrogen-bond acceptors (Lipinski definition) is 6. The van der Waals surface area contributed by atoms with Gasteiger partial charge in [-0.25, -0.2) is 14.3 Å². The summed E-state index contributed by atoms with van der Waals surface area (Å²) >= 11 is 6.07. The SMILES string of the molecule is Cc1nc2nc3ccn(-n4c(C)nnc4C)c(=O)c3c(-c3ccc(Cl)cc3)n2n1. The van der Waals surface area contributed by atoms with Crippen molar-refractivity contribution >= 4 is 28.3 Å². The van der Waals surface area contributed by atoms with Crippen molar-refractivity contribution in [1.82, 2.24) is 39.1 Å². The van der Waals surface area contributed by atoms with Gasteiger partial charge in [-0.2, -0.15) is 9.50 Å². The van der Waals surface area contributed by atoms with E-state index in [2.05, 4.69) is 25.3 Å². The molecule has 0 fully saturated rings. The fourth-order valence-corrected chi connectivity index (χ4v) is 3.61. The molecule has 9 nitrogen and oxygen atoms in total. The number of nitrogens with zero attached hydrogens (tertiary/aromatic N) is 8. The highest BCUT2D eigenvalue weighted by atomic mass is 35.5. The summed E-state index contributed by atoms with van der Waals surface area (Å²) in [7, 11) is 0.